The van der Waals surface area contributed by atoms with Crippen LogP contribution in [-0.2, 0) is 65.4 Å². The van der Waals surface area contributed by atoms with Gasteiger partial charge in [-0.3, -0.25) is 37.3 Å². The van der Waals surface area contributed by atoms with Crippen LogP contribution >= 0.6 is 15.6 Å². The summed E-state index contributed by atoms with van der Waals surface area (Å²) >= 11 is 0. The number of aliphatic hydroxyl groups excluding tert-OH is 1. The number of carbonyl (C=O) groups is 4. The van der Waals surface area contributed by atoms with Crippen LogP contribution in [-0.4, -0.2) is 96.7 Å². The Labute approximate surface area is 567 Å². The summed E-state index contributed by atoms with van der Waals surface area (Å²) in [5, 5.41) is 10.6. The van der Waals surface area contributed by atoms with E-state index < -0.39 is 97.5 Å². The number of aliphatic hydroxyl groups is 1. The van der Waals surface area contributed by atoms with Gasteiger partial charge in [-0.2, -0.15) is 0 Å². The van der Waals surface area contributed by atoms with Crippen molar-refractivity contribution < 1.29 is 80.2 Å². The summed E-state index contributed by atoms with van der Waals surface area (Å²) in [6, 6.07) is 0. The predicted molar refractivity (Wildman–Crippen MR) is 381 cm³/mol. The fraction of sp³-hybridized carbons (Fsp3) is 0.653. The molecule has 0 heterocycles. The van der Waals surface area contributed by atoms with Crippen molar-refractivity contribution in [1.82, 2.24) is 0 Å². The minimum atomic E-state index is -4.99. The molecule has 5 atom stereocenters. The molecule has 0 aliphatic heterocycles. The summed E-state index contributed by atoms with van der Waals surface area (Å²) in [6.45, 7) is 4.37. The second-order valence-corrected chi connectivity index (χ2v) is 26.0. The number of phosphoric acid groups is 2. The lowest BCUT2D eigenvalue weighted by molar-refractivity contribution is -0.161. The lowest BCUT2D eigenvalue weighted by Gasteiger charge is -2.21. The number of hydrogen-bond donors (Lipinski definition) is 3. The smallest absolute Gasteiger partial charge is 0.462 e. The number of carbonyl (C=O) groups excluding carboxylic acids is 4. The van der Waals surface area contributed by atoms with E-state index in [2.05, 4.69) is 161 Å². The lowest BCUT2D eigenvalue weighted by atomic mass is 10.1. The molecule has 0 fully saturated rings. The van der Waals surface area contributed by atoms with Gasteiger partial charge in [0, 0.05) is 25.7 Å². The van der Waals surface area contributed by atoms with Crippen LogP contribution in [0.25, 0.3) is 0 Å². The van der Waals surface area contributed by atoms with Gasteiger partial charge in [0.1, 0.15) is 19.3 Å². The molecule has 0 aliphatic rings. The zero-order valence-electron chi connectivity index (χ0n) is 58.1. The van der Waals surface area contributed by atoms with Gasteiger partial charge in [-0.1, -0.05) is 219 Å². The van der Waals surface area contributed by atoms with Gasteiger partial charge in [0.25, 0.3) is 0 Å². The highest BCUT2D eigenvalue weighted by Gasteiger charge is 2.30. The number of rotatable bonds is 65. The van der Waals surface area contributed by atoms with E-state index in [0.717, 1.165) is 167 Å². The first-order valence-corrected chi connectivity index (χ1v) is 38.4. The Morgan fingerprint density at radius 2 is 0.574 bits per heavy atom. The van der Waals surface area contributed by atoms with Crippen LogP contribution in [0, 0.1) is 0 Å². The van der Waals surface area contributed by atoms with Crippen molar-refractivity contribution in [3.63, 3.8) is 0 Å². The number of phosphoric ester groups is 2. The Morgan fingerprint density at radius 1 is 0.309 bits per heavy atom. The van der Waals surface area contributed by atoms with E-state index in [0.29, 0.717) is 25.7 Å². The van der Waals surface area contributed by atoms with E-state index in [9.17, 15) is 43.2 Å². The molecule has 0 aliphatic carbocycles. The largest absolute Gasteiger partial charge is 0.472 e. The molecular formula is C75H124O17P2. The van der Waals surface area contributed by atoms with Gasteiger partial charge in [-0.25, -0.2) is 9.13 Å². The molecule has 0 amide bonds. The van der Waals surface area contributed by atoms with Crippen molar-refractivity contribution in [2.75, 3.05) is 39.6 Å². The Morgan fingerprint density at radius 3 is 0.926 bits per heavy atom. The van der Waals surface area contributed by atoms with Gasteiger partial charge in [-0.15, -0.1) is 0 Å². The monoisotopic (exact) mass is 1360 g/mol. The van der Waals surface area contributed by atoms with E-state index in [1.54, 1.807) is 0 Å². The maximum absolute atomic E-state index is 13.0. The lowest BCUT2D eigenvalue weighted by Crippen LogP contribution is -2.30. The zero-order chi connectivity index (χ0) is 69.0. The third-order valence-electron chi connectivity index (χ3n) is 14.1. The molecule has 17 nitrogen and oxygen atoms in total. The number of ether oxygens (including phenoxy) is 4. The summed E-state index contributed by atoms with van der Waals surface area (Å²) < 4.78 is 68.1. The van der Waals surface area contributed by atoms with E-state index in [1.165, 1.54) is 12.8 Å². The third kappa shape index (κ3) is 65.8. The Balaban J connectivity index is 5.41. The first-order valence-electron chi connectivity index (χ1n) is 35.4. The maximum Gasteiger partial charge on any atom is 0.472 e. The molecule has 0 spiro atoms. The van der Waals surface area contributed by atoms with Crippen molar-refractivity contribution >= 4 is 39.5 Å². The van der Waals surface area contributed by atoms with Crippen LogP contribution < -0.4 is 0 Å². The van der Waals surface area contributed by atoms with E-state index >= 15 is 0 Å². The predicted octanol–water partition coefficient (Wildman–Crippen LogP) is 19.8. The van der Waals surface area contributed by atoms with Crippen molar-refractivity contribution in [3.05, 3.63) is 134 Å². The zero-order valence-corrected chi connectivity index (χ0v) is 59.9. The highest BCUT2D eigenvalue weighted by molar-refractivity contribution is 7.47. The fourth-order valence-corrected chi connectivity index (χ4v) is 10.3. The molecule has 3 N–H and O–H groups in total. The van der Waals surface area contributed by atoms with Gasteiger partial charge in [0.2, 0.25) is 0 Å². The quantitative estimate of drug-likeness (QED) is 0.0169. The van der Waals surface area contributed by atoms with Crippen LogP contribution in [0.2, 0.25) is 0 Å². The molecule has 0 saturated heterocycles. The van der Waals surface area contributed by atoms with Gasteiger partial charge >= 0.3 is 39.5 Å². The highest BCUT2D eigenvalue weighted by Crippen LogP contribution is 2.45. The molecule has 19 heteroatoms. The van der Waals surface area contributed by atoms with Crippen LogP contribution in [0.1, 0.15) is 259 Å². The normalized spacial score (nSPS) is 14.8. The molecule has 0 saturated carbocycles. The number of esters is 4. The minimum Gasteiger partial charge on any atom is -0.462 e. The van der Waals surface area contributed by atoms with Crippen molar-refractivity contribution in [2.24, 2.45) is 0 Å². The standard InChI is InChI=1S/C75H124O17P2/c1-5-9-13-17-21-25-29-32-34-37-40-43-47-51-55-59-72(77)85-65-70(91-74(79)61-57-53-49-45-39-28-24-20-16-12-8-4)67-89-93(81,82)87-63-69(76)64-88-94(83,84)90-68-71(92-75(80)62-58-54-50-46-42-36-31-27-23-19-15-11-7-3)66-86-73(78)60-56-52-48-44-41-38-35-33-30-26-22-18-14-10-6-2/h9-10,13-15,19-22,24-27,31-35,40-41,43-44,69-71,76H,5-8,11-12,16-18,23,28-30,36-39,42,45-68H2,1-4H3,(H,81,82)(H,83,84)/b13-9-,14-10-,19-15-,24-20-,25-21-,26-22-,31-27-,34-32-,35-33-,43-40-,44-41-. The molecule has 94 heavy (non-hydrogen) atoms. The molecule has 0 aromatic rings. The maximum atomic E-state index is 13.0. The molecule has 0 rings (SSSR count). The fourth-order valence-electron chi connectivity index (χ4n) is 8.69. The van der Waals surface area contributed by atoms with Crippen LogP contribution in [0.5, 0.6) is 0 Å². The van der Waals surface area contributed by atoms with Crippen molar-refractivity contribution in [3.8, 4) is 0 Å². The molecule has 0 bridgehead atoms. The molecular weight excluding hydrogens is 1230 g/mol. The van der Waals surface area contributed by atoms with Crippen LogP contribution in [0.15, 0.2) is 134 Å². The highest BCUT2D eigenvalue weighted by atomic mass is 31.2. The summed E-state index contributed by atoms with van der Waals surface area (Å²) in [7, 11) is -9.97. The van der Waals surface area contributed by atoms with Gasteiger partial charge < -0.3 is 33.8 Å². The Kier molecular flexibility index (Phi) is 63.4. The van der Waals surface area contributed by atoms with E-state index in [-0.39, 0.29) is 25.7 Å². The average molecular weight is 1360 g/mol. The third-order valence-corrected chi connectivity index (χ3v) is 16.0. The summed E-state index contributed by atoms with van der Waals surface area (Å²) in [5.74, 6) is -2.31. The topological polar surface area (TPSA) is 237 Å². The Hall–Kier alpha value is -4.80. The average Bonchev–Trinajstić information content (AvgIpc) is 1.55. The van der Waals surface area contributed by atoms with Gasteiger partial charge in [0.15, 0.2) is 12.2 Å². The second-order valence-electron chi connectivity index (χ2n) is 23.1. The van der Waals surface area contributed by atoms with E-state index in [1.807, 2.05) is 0 Å². The number of allylic oxidation sites excluding steroid dienone is 22. The second kappa shape index (κ2) is 66.8. The first-order chi connectivity index (χ1) is 45.7. The van der Waals surface area contributed by atoms with Crippen LogP contribution in [0.3, 0.4) is 0 Å². The molecule has 0 aromatic heterocycles. The van der Waals surface area contributed by atoms with Crippen molar-refractivity contribution in [2.45, 2.75) is 277 Å². The number of hydrogen-bond acceptors (Lipinski definition) is 15. The van der Waals surface area contributed by atoms with Gasteiger partial charge in [0.05, 0.1) is 26.4 Å². The SMILES string of the molecule is CC/C=C\C/C=C\C/C=C\C/C=C\CCCCC(=O)OCC(COP(=O)(O)OCC(O)COP(=O)(O)OCC(COC(=O)CCCC/C=C\C/C=C\C/C=C\C/C=C\CC)OC(=O)CCCCCCC/C=C\CCCC)OC(=O)CCCCCCC/C=C\C/C=C\CCC. The number of unbranched alkanes of at least 4 members (excludes halogenated alkanes) is 17. The summed E-state index contributed by atoms with van der Waals surface area (Å²) in [5.41, 5.74) is 0. The summed E-state index contributed by atoms with van der Waals surface area (Å²) in [4.78, 5) is 72.6. The Bertz CT molecular complexity index is 2310. The van der Waals surface area contributed by atoms with Crippen LogP contribution in [0.4, 0.5) is 0 Å². The summed E-state index contributed by atoms with van der Waals surface area (Å²) in [6.07, 6.45) is 71.9. The van der Waals surface area contributed by atoms with E-state index in [4.69, 9.17) is 37.0 Å². The molecule has 536 valence electrons. The van der Waals surface area contributed by atoms with Gasteiger partial charge in [-0.05, 0) is 148 Å². The molecule has 5 unspecified atom stereocenters. The van der Waals surface area contributed by atoms with Crippen molar-refractivity contribution in [1.29, 1.82) is 0 Å². The molecule has 0 radical (unpaired) electrons. The molecule has 0 aromatic carbocycles. The minimum absolute atomic E-state index is 0.0650. The first kappa shape index (κ1) is 89.2.